The molecule has 0 saturated heterocycles. The molecule has 0 aliphatic rings. The zero-order chi connectivity index (χ0) is 40.7. The molecule has 14 nitrogen and oxygen atoms in total. The molecule has 0 unspecified atom stereocenters. The highest BCUT2D eigenvalue weighted by atomic mass is 35.5. The summed E-state index contributed by atoms with van der Waals surface area (Å²) in [6, 6.07) is 11.4. The summed E-state index contributed by atoms with van der Waals surface area (Å²) in [6.45, 7) is 0. The summed E-state index contributed by atoms with van der Waals surface area (Å²) >= 11 is 63.0. The van der Waals surface area contributed by atoms with Crippen LogP contribution in [0.3, 0.4) is 0 Å². The Hall–Kier alpha value is -3.51. The fraction of sp³-hybridized carbons (Fsp3) is 0. The number of aromatic hydroxyl groups is 4. The largest absolute Gasteiger partial charge is 0.505 e. The first kappa shape index (κ1) is 44.2. The number of phenols is 4. The quantitative estimate of drug-likeness (QED) is 0.0575. The second kappa shape index (κ2) is 19.6. The fourth-order valence-corrected chi connectivity index (χ4v) is 6.31. The number of nitrogen functional groups attached to an aromatic ring is 1. The number of phenolic OH excluding ortho intramolecular Hbond substituents is 4. The SMILES string of the molecule is Clc1nc(Cl)nc(Cl)n1.Nc1cc(Cl)c(O)c(Cl)c1.Oc1c(Cl)cc(Nc2nc(Nc3cc(Cl)c(O)c(Cl)c3)nc(Nc3cc(Cl)c(O)c(Cl)c3)n2)cc1Cl. The van der Waals surface area contributed by atoms with Crippen LogP contribution in [0.5, 0.6) is 23.0 Å². The van der Waals surface area contributed by atoms with Gasteiger partial charge in [0.05, 0.1) is 40.2 Å². The molecule has 6 rings (SSSR count). The maximum atomic E-state index is 9.81. The van der Waals surface area contributed by atoms with Gasteiger partial charge in [-0.25, -0.2) is 0 Å². The van der Waals surface area contributed by atoms with Crippen molar-refractivity contribution in [3.63, 3.8) is 0 Å². The highest BCUT2D eigenvalue weighted by molar-refractivity contribution is 6.39. The summed E-state index contributed by atoms with van der Waals surface area (Å²) in [4.78, 5) is 23.3. The molecule has 2 aromatic heterocycles. The Morgan fingerprint density at radius 3 is 0.764 bits per heavy atom. The molecule has 25 heteroatoms. The molecule has 55 heavy (non-hydrogen) atoms. The van der Waals surface area contributed by atoms with Gasteiger partial charge in [-0.3, -0.25) is 0 Å². The van der Waals surface area contributed by atoms with Crippen molar-refractivity contribution < 1.29 is 20.4 Å². The molecule has 288 valence electrons. The Balaban J connectivity index is 0.000000287. The van der Waals surface area contributed by atoms with Gasteiger partial charge in [0.15, 0.2) is 23.0 Å². The zero-order valence-corrected chi connectivity index (χ0v) is 34.6. The Kier molecular flexibility index (Phi) is 15.7. The van der Waals surface area contributed by atoms with Crippen LogP contribution < -0.4 is 21.7 Å². The predicted octanol–water partition coefficient (Wildman–Crippen LogP) is 12.3. The van der Waals surface area contributed by atoms with Crippen molar-refractivity contribution in [3.8, 4) is 23.0 Å². The molecule has 0 radical (unpaired) electrons. The number of halogens is 11. The molecule has 0 amide bonds. The van der Waals surface area contributed by atoms with Crippen molar-refractivity contribution in [3.05, 3.63) is 105 Å². The molecule has 0 atom stereocenters. The molecular formula is C30H17Cl11N10O4. The van der Waals surface area contributed by atoms with E-state index in [0.717, 1.165) is 0 Å². The van der Waals surface area contributed by atoms with Gasteiger partial charge in [-0.05, 0) is 83.3 Å². The van der Waals surface area contributed by atoms with Crippen molar-refractivity contribution in [2.45, 2.75) is 0 Å². The predicted molar refractivity (Wildman–Crippen MR) is 221 cm³/mol. The third kappa shape index (κ3) is 12.8. The van der Waals surface area contributed by atoms with Crippen LogP contribution in [0.15, 0.2) is 48.5 Å². The van der Waals surface area contributed by atoms with Gasteiger partial charge in [0.25, 0.3) is 0 Å². The van der Waals surface area contributed by atoms with E-state index in [0.29, 0.717) is 22.7 Å². The molecule has 2 heterocycles. The Morgan fingerprint density at radius 1 is 0.345 bits per heavy atom. The van der Waals surface area contributed by atoms with E-state index in [1.54, 1.807) is 0 Å². The summed E-state index contributed by atoms with van der Waals surface area (Å²) < 4.78 is 0. The van der Waals surface area contributed by atoms with E-state index in [1.807, 2.05) is 0 Å². The first-order valence-electron chi connectivity index (χ1n) is 14.1. The summed E-state index contributed by atoms with van der Waals surface area (Å²) in [5.41, 5.74) is 6.90. The number of nitrogens with two attached hydrogens (primary N) is 1. The zero-order valence-electron chi connectivity index (χ0n) is 26.3. The minimum atomic E-state index is -0.272. The van der Waals surface area contributed by atoms with Gasteiger partial charge < -0.3 is 42.1 Å². The Labute approximate surface area is 365 Å². The summed E-state index contributed by atoms with van der Waals surface area (Å²) in [7, 11) is 0. The number of nitrogens with zero attached hydrogens (tertiary/aromatic N) is 6. The van der Waals surface area contributed by atoms with Crippen molar-refractivity contribution in [2.75, 3.05) is 21.7 Å². The number of rotatable bonds is 6. The lowest BCUT2D eigenvalue weighted by Crippen LogP contribution is -2.07. The van der Waals surface area contributed by atoms with Gasteiger partial charge in [0, 0.05) is 22.7 Å². The first-order valence-corrected chi connectivity index (χ1v) is 18.2. The number of hydrogen-bond acceptors (Lipinski definition) is 14. The Bertz CT molecular complexity index is 2050. The van der Waals surface area contributed by atoms with E-state index in [1.165, 1.54) is 48.5 Å². The molecular weight excluding hydrogens is 954 g/mol. The van der Waals surface area contributed by atoms with Crippen molar-refractivity contribution in [2.24, 2.45) is 0 Å². The van der Waals surface area contributed by atoms with Gasteiger partial charge in [-0.2, -0.15) is 29.9 Å². The average Bonchev–Trinajstić information content (AvgIpc) is 3.07. The van der Waals surface area contributed by atoms with Crippen LogP contribution in [0.25, 0.3) is 0 Å². The van der Waals surface area contributed by atoms with Crippen molar-refractivity contribution >= 4 is 168 Å². The third-order valence-corrected chi connectivity index (χ3v) is 8.86. The van der Waals surface area contributed by atoms with Crippen molar-refractivity contribution in [1.29, 1.82) is 0 Å². The molecule has 0 saturated carbocycles. The topological polar surface area (TPSA) is 220 Å². The number of aromatic nitrogens is 6. The monoisotopic (exact) mass is 966 g/mol. The fourth-order valence-electron chi connectivity index (χ4n) is 3.73. The van der Waals surface area contributed by atoms with Gasteiger partial charge in [0.2, 0.25) is 33.7 Å². The summed E-state index contributed by atoms with van der Waals surface area (Å²) in [6.07, 6.45) is 0. The van der Waals surface area contributed by atoms with E-state index >= 15 is 0 Å². The Morgan fingerprint density at radius 2 is 0.545 bits per heavy atom. The molecule has 4 aromatic carbocycles. The van der Waals surface area contributed by atoms with E-state index in [2.05, 4.69) is 45.9 Å². The molecule has 0 aliphatic heterocycles. The minimum absolute atomic E-state index is 0.000000000000000444. The van der Waals surface area contributed by atoms with Gasteiger partial charge in [-0.15, -0.1) is 0 Å². The molecule has 0 aliphatic carbocycles. The van der Waals surface area contributed by atoms with Crippen LogP contribution in [0.2, 0.25) is 56.0 Å². The van der Waals surface area contributed by atoms with Crippen LogP contribution in [0.1, 0.15) is 0 Å². The maximum absolute atomic E-state index is 9.81. The van der Waals surface area contributed by atoms with Crippen LogP contribution in [0.4, 0.5) is 40.6 Å². The lowest BCUT2D eigenvalue weighted by atomic mass is 10.3. The number of anilines is 7. The maximum Gasteiger partial charge on any atom is 0.233 e. The van der Waals surface area contributed by atoms with E-state index in [-0.39, 0.29) is 96.9 Å². The van der Waals surface area contributed by atoms with Crippen LogP contribution in [0, 0.1) is 0 Å². The summed E-state index contributed by atoms with van der Waals surface area (Å²) in [5.74, 6) is -0.818. The van der Waals surface area contributed by atoms with Crippen LogP contribution in [-0.4, -0.2) is 50.3 Å². The van der Waals surface area contributed by atoms with E-state index < -0.39 is 0 Å². The van der Waals surface area contributed by atoms with Gasteiger partial charge in [0.1, 0.15) is 0 Å². The van der Waals surface area contributed by atoms with E-state index in [4.69, 9.17) is 138 Å². The standard InChI is InChI=1S/C21H12Cl6N6O3.C6H5Cl2NO.C3Cl3N3/c22-10-1-7(2-11(23)16(10)34)28-19-31-20(29-8-3-12(24)17(35)13(25)4-8)33-21(32-19)30-9-5-14(26)18(36)15(27)6-9;7-4-1-3(9)2-5(8)6(4)10;4-1-7-2(5)9-3(6)8-1/h1-6,34-36H,(H3,28,29,30,31,32,33);1-2,10H,9H2;. The number of benzene rings is 4. The number of nitrogens with one attached hydrogen (secondary N) is 3. The second-order valence-electron chi connectivity index (χ2n) is 10.0. The smallest absolute Gasteiger partial charge is 0.233 e. The highest BCUT2D eigenvalue weighted by Crippen LogP contribution is 2.38. The molecule has 9 N–H and O–H groups in total. The molecule has 0 fully saturated rings. The average molecular weight is 972 g/mol. The minimum Gasteiger partial charge on any atom is -0.505 e. The molecule has 0 bridgehead atoms. The lowest BCUT2D eigenvalue weighted by Gasteiger charge is -2.13. The second-order valence-corrected chi connectivity index (χ2v) is 14.3. The van der Waals surface area contributed by atoms with Crippen LogP contribution in [-0.2, 0) is 0 Å². The molecule has 6 aromatic rings. The third-order valence-electron chi connectivity index (χ3n) is 6.05. The summed E-state index contributed by atoms with van der Waals surface area (Å²) in [5, 5.41) is 47.6. The van der Waals surface area contributed by atoms with Gasteiger partial charge >= 0.3 is 0 Å². The molecule has 0 spiro atoms. The van der Waals surface area contributed by atoms with Gasteiger partial charge in [-0.1, -0.05) is 92.8 Å². The normalized spacial score (nSPS) is 10.5. The van der Waals surface area contributed by atoms with E-state index in [9.17, 15) is 15.3 Å². The number of hydrogen-bond donors (Lipinski definition) is 8. The first-order chi connectivity index (χ1) is 25.8. The lowest BCUT2D eigenvalue weighted by molar-refractivity contribution is 0.475. The van der Waals surface area contributed by atoms with Crippen LogP contribution >= 0.6 is 128 Å². The van der Waals surface area contributed by atoms with Crippen molar-refractivity contribution in [1.82, 2.24) is 29.9 Å². The highest BCUT2D eigenvalue weighted by Gasteiger charge is 2.14.